The number of halogens is 3. The lowest BCUT2D eigenvalue weighted by Crippen LogP contribution is -2.45. The summed E-state index contributed by atoms with van der Waals surface area (Å²) >= 11 is 14.6. The first-order valence-electron chi connectivity index (χ1n) is 18.3. The van der Waals surface area contributed by atoms with Crippen LogP contribution in [0.15, 0.2) is 35.4 Å². The van der Waals surface area contributed by atoms with Gasteiger partial charge in [0.05, 0.1) is 39.8 Å². The molecule has 0 spiro atoms. The number of amides is 2. The van der Waals surface area contributed by atoms with E-state index in [9.17, 15) is 14.9 Å². The molecule has 52 heavy (non-hydrogen) atoms. The standard InChI is InChI=1S/C40H40Cl2FN5O3S/c1-40(2,3)51-39(50)46-18-22-16-30(46)35(22)48-29(28-15-21-14-27(21)47(28)38(49)19-10-11-19)17-25-36(48)24-13-20(7-6-12-44)31(23-8-5-9-26(41)32(23)42)33(43)34(24)45-37(25)52-4/h5,8-9,13,17,19,21-22,27-28,30,35H,6-7,10-11,14-16,18H2,1-4H3/t21-,22-,27-,28-,30-,35+/m1/s1. The van der Waals surface area contributed by atoms with Gasteiger partial charge in [0.25, 0.3) is 0 Å². The van der Waals surface area contributed by atoms with Crippen molar-refractivity contribution in [3.63, 3.8) is 0 Å². The van der Waals surface area contributed by atoms with Crippen LogP contribution in [-0.2, 0) is 16.0 Å². The van der Waals surface area contributed by atoms with E-state index < -0.39 is 11.4 Å². The normalized spacial score (nSPS) is 26.1. The number of benzene rings is 2. The number of ether oxygens (including phenoxy) is 1. The molecule has 2 bridgehead atoms. The molecular formula is C40H40Cl2FN5O3S. The highest BCUT2D eigenvalue weighted by molar-refractivity contribution is 7.98. The van der Waals surface area contributed by atoms with Crippen LogP contribution in [0.4, 0.5) is 9.18 Å². The number of piperidine rings is 1. The summed E-state index contributed by atoms with van der Waals surface area (Å²) in [6.07, 6.45) is 6.77. The highest BCUT2D eigenvalue weighted by atomic mass is 35.5. The van der Waals surface area contributed by atoms with Gasteiger partial charge in [-0.3, -0.25) is 4.79 Å². The van der Waals surface area contributed by atoms with E-state index >= 15 is 4.39 Å². The lowest BCUT2D eigenvalue weighted by atomic mass is 9.79. The van der Waals surface area contributed by atoms with Gasteiger partial charge in [-0.25, -0.2) is 14.2 Å². The Morgan fingerprint density at radius 1 is 1.10 bits per heavy atom. The predicted molar refractivity (Wildman–Crippen MR) is 201 cm³/mol. The van der Waals surface area contributed by atoms with Gasteiger partial charge < -0.3 is 19.1 Å². The Labute approximate surface area is 316 Å². The summed E-state index contributed by atoms with van der Waals surface area (Å²) in [5.74, 6) is 0.481. The fraction of sp³-hybridized carbons (Fsp3) is 0.500. The number of carbonyl (C=O) groups is 2. The maximum absolute atomic E-state index is 17.4. The molecule has 8 nitrogen and oxygen atoms in total. The second-order valence-corrected chi connectivity index (χ2v) is 17.8. The van der Waals surface area contributed by atoms with Gasteiger partial charge in [-0.1, -0.05) is 35.3 Å². The van der Waals surface area contributed by atoms with Crippen LogP contribution in [-0.4, -0.2) is 61.8 Å². The molecule has 2 aromatic carbocycles. The van der Waals surface area contributed by atoms with E-state index in [-0.39, 0.29) is 65.0 Å². The number of thioether (sulfide) groups is 1. The molecule has 2 aromatic heterocycles. The summed E-state index contributed by atoms with van der Waals surface area (Å²) in [5.41, 5.74) is 2.87. The Kier molecular flexibility index (Phi) is 8.08. The van der Waals surface area contributed by atoms with Crippen molar-refractivity contribution in [2.75, 3.05) is 12.8 Å². The molecule has 2 amide bonds. The maximum Gasteiger partial charge on any atom is 0.410 e. The van der Waals surface area contributed by atoms with Gasteiger partial charge in [-0.15, -0.1) is 11.8 Å². The molecule has 3 aliphatic heterocycles. The monoisotopic (exact) mass is 759 g/mol. The number of likely N-dealkylation sites (tertiary alicyclic amines) is 1. The molecule has 0 unspecified atom stereocenters. The first-order chi connectivity index (χ1) is 24.9. The van der Waals surface area contributed by atoms with E-state index in [4.69, 9.17) is 32.9 Å². The van der Waals surface area contributed by atoms with E-state index in [2.05, 4.69) is 21.6 Å². The van der Waals surface area contributed by atoms with Crippen LogP contribution in [0.1, 0.15) is 82.6 Å². The zero-order valence-electron chi connectivity index (χ0n) is 29.6. The molecule has 0 radical (unpaired) electrons. The summed E-state index contributed by atoms with van der Waals surface area (Å²) in [7, 11) is 0. The van der Waals surface area contributed by atoms with Crippen molar-refractivity contribution in [1.82, 2.24) is 19.4 Å². The molecule has 0 N–H and O–H groups in total. The summed E-state index contributed by atoms with van der Waals surface area (Å²) in [6, 6.07) is 11.5. The minimum absolute atomic E-state index is 0.0807. The SMILES string of the molecule is CSc1nc2c(F)c(-c3cccc(Cl)c3Cl)c(CCC#N)cc2c2c1cc([C@H]1C[C@H]3C[C@H]3N1C(=O)C1CC1)n2[C@H]1[C@@H]2C[C@H]1N(C(=O)OC(C)(C)C)C2. The Morgan fingerprint density at radius 2 is 1.87 bits per heavy atom. The Balaban J connectivity index is 1.30. The molecule has 12 heteroatoms. The molecule has 6 fully saturated rings. The average Bonchev–Trinajstić information content (AvgIpc) is 3.90. The van der Waals surface area contributed by atoms with Gasteiger partial charge in [-0.2, -0.15) is 5.26 Å². The third-order valence-corrected chi connectivity index (χ3v) is 13.3. The molecular weight excluding hydrogens is 720 g/mol. The van der Waals surface area contributed by atoms with Crippen molar-refractivity contribution in [1.29, 1.82) is 5.26 Å². The molecule has 10 rings (SSSR count). The summed E-state index contributed by atoms with van der Waals surface area (Å²) in [4.78, 5) is 36.5. The van der Waals surface area contributed by atoms with E-state index in [1.54, 1.807) is 18.2 Å². The van der Waals surface area contributed by atoms with Gasteiger partial charge in [0.1, 0.15) is 16.1 Å². The molecule has 6 atom stereocenters. The zero-order chi connectivity index (χ0) is 36.4. The molecule has 5 heterocycles. The number of fused-ring (bicyclic) bond motifs is 5. The minimum Gasteiger partial charge on any atom is -0.444 e. The van der Waals surface area contributed by atoms with E-state index in [1.807, 2.05) is 38.0 Å². The van der Waals surface area contributed by atoms with Crippen LogP contribution >= 0.6 is 35.0 Å². The fourth-order valence-corrected chi connectivity index (χ4v) is 10.3. The number of aromatic nitrogens is 2. The van der Waals surface area contributed by atoms with E-state index in [1.165, 1.54) is 11.8 Å². The number of nitrogens with zero attached hydrogens (tertiary/aromatic N) is 5. The Bertz CT molecular complexity index is 2240. The number of nitriles is 1. The minimum atomic E-state index is -0.629. The molecule has 3 saturated carbocycles. The number of pyridine rings is 1. The summed E-state index contributed by atoms with van der Waals surface area (Å²) in [6.45, 7) is 6.21. The van der Waals surface area contributed by atoms with Gasteiger partial charge in [0.2, 0.25) is 5.91 Å². The van der Waals surface area contributed by atoms with Crippen LogP contribution in [0.5, 0.6) is 0 Å². The van der Waals surface area contributed by atoms with Crippen LogP contribution in [0, 0.1) is 34.9 Å². The highest BCUT2D eigenvalue weighted by Crippen LogP contribution is 2.59. The summed E-state index contributed by atoms with van der Waals surface area (Å²) < 4.78 is 25.6. The number of hydrogen-bond donors (Lipinski definition) is 0. The Hall–Kier alpha value is -3.52. The number of rotatable bonds is 7. The fourth-order valence-electron chi connectivity index (χ4n) is 9.32. The van der Waals surface area contributed by atoms with Gasteiger partial charge >= 0.3 is 6.09 Å². The smallest absolute Gasteiger partial charge is 0.410 e. The van der Waals surface area contributed by atoms with Gasteiger partial charge in [0, 0.05) is 58.4 Å². The van der Waals surface area contributed by atoms with Crippen molar-refractivity contribution < 1.29 is 18.7 Å². The maximum atomic E-state index is 17.4. The first kappa shape index (κ1) is 34.3. The van der Waals surface area contributed by atoms with Crippen LogP contribution in [0.25, 0.3) is 32.9 Å². The van der Waals surface area contributed by atoms with Crippen LogP contribution < -0.4 is 0 Å². The quantitative estimate of drug-likeness (QED) is 0.174. The van der Waals surface area contributed by atoms with Crippen LogP contribution in [0.2, 0.25) is 10.0 Å². The zero-order valence-corrected chi connectivity index (χ0v) is 31.9. The second-order valence-electron chi connectivity index (χ2n) is 16.2. The third-order valence-electron chi connectivity index (χ3n) is 11.8. The third kappa shape index (κ3) is 5.32. The number of carbonyl (C=O) groups excluding carboxylic acids is 2. The first-order valence-corrected chi connectivity index (χ1v) is 20.2. The predicted octanol–water partition coefficient (Wildman–Crippen LogP) is 9.73. The molecule has 6 aliphatic rings. The van der Waals surface area contributed by atoms with E-state index in [0.717, 1.165) is 48.7 Å². The van der Waals surface area contributed by atoms with Gasteiger partial charge in [-0.05, 0) is 95.2 Å². The lowest BCUT2D eigenvalue weighted by molar-refractivity contribution is -0.134. The lowest BCUT2D eigenvalue weighted by Gasteiger charge is -2.41. The van der Waals surface area contributed by atoms with Crippen molar-refractivity contribution in [2.24, 2.45) is 17.8 Å². The topological polar surface area (TPSA) is 91.5 Å². The van der Waals surface area contributed by atoms with Gasteiger partial charge in [0.15, 0.2) is 5.82 Å². The van der Waals surface area contributed by atoms with Crippen molar-refractivity contribution in [3.8, 4) is 17.2 Å². The largest absolute Gasteiger partial charge is 0.444 e. The molecule has 3 aliphatic carbocycles. The Morgan fingerprint density at radius 3 is 2.58 bits per heavy atom. The number of aryl methyl sites for hydroxylation is 1. The van der Waals surface area contributed by atoms with Crippen molar-refractivity contribution >= 4 is 68.8 Å². The van der Waals surface area contributed by atoms with Crippen molar-refractivity contribution in [2.45, 2.75) is 101 Å². The van der Waals surface area contributed by atoms with E-state index in [0.29, 0.717) is 51.0 Å². The highest BCUT2D eigenvalue weighted by Gasteiger charge is 2.60. The molecule has 4 aromatic rings. The molecule has 270 valence electrons. The second kappa shape index (κ2) is 12.3. The van der Waals surface area contributed by atoms with Crippen molar-refractivity contribution in [3.05, 3.63) is 57.5 Å². The number of hydrogen-bond acceptors (Lipinski definition) is 6. The molecule has 3 saturated heterocycles. The summed E-state index contributed by atoms with van der Waals surface area (Å²) in [5, 5.41) is 12.4. The average molecular weight is 761 g/mol. The van der Waals surface area contributed by atoms with Crippen LogP contribution in [0.3, 0.4) is 0 Å².